The maximum Gasteiger partial charge on any atom is 0.266 e. The average molecular weight is 518 g/mol. The molecule has 2 aromatic carbocycles. The van der Waals surface area contributed by atoms with E-state index in [0.717, 1.165) is 5.56 Å². The van der Waals surface area contributed by atoms with Gasteiger partial charge in [-0.05, 0) is 86.9 Å². The zero-order chi connectivity index (χ0) is 17.9. The second kappa shape index (κ2) is 8.01. The van der Waals surface area contributed by atoms with Crippen LogP contribution in [-0.4, -0.2) is 11.0 Å². The fraction of sp³-hybridized carbons (Fsp3) is 0.0588. The first-order chi connectivity index (χ1) is 11.3. The van der Waals surface area contributed by atoms with Gasteiger partial charge in [0.25, 0.3) is 5.91 Å². The van der Waals surface area contributed by atoms with E-state index in [4.69, 9.17) is 11.6 Å². The van der Waals surface area contributed by atoms with Crippen molar-refractivity contribution in [1.29, 1.82) is 5.26 Å². The number of phenolic OH excluding ortho intramolecular Hbond substituents is 1. The van der Waals surface area contributed by atoms with Crippen molar-refractivity contribution in [2.45, 2.75) is 6.92 Å². The summed E-state index contributed by atoms with van der Waals surface area (Å²) in [4.78, 5) is 12.3. The van der Waals surface area contributed by atoms with Crippen molar-refractivity contribution < 1.29 is 9.90 Å². The van der Waals surface area contributed by atoms with Crippen molar-refractivity contribution in [1.82, 2.24) is 0 Å². The Morgan fingerprint density at radius 1 is 1.42 bits per heavy atom. The molecule has 0 saturated carbocycles. The molecule has 0 heterocycles. The molecule has 0 aliphatic carbocycles. The number of hydrogen-bond donors (Lipinski definition) is 2. The van der Waals surface area contributed by atoms with Gasteiger partial charge in [-0.25, -0.2) is 0 Å². The minimum absolute atomic E-state index is 0.0530. The molecule has 0 aliphatic rings. The standard InChI is InChI=1S/C17H11BrClIN2O2/c1-9-2-3-12(19)7-15(9)22-17(24)11(8-21)4-10-5-13(18)16(23)14(20)6-10/h2-7,23H,1H3,(H,22,24)/b11-4+. The second-order valence-corrected chi connectivity index (χ2v) is 7.37. The summed E-state index contributed by atoms with van der Waals surface area (Å²) < 4.78 is 1.10. The molecule has 0 atom stereocenters. The molecule has 0 saturated heterocycles. The molecule has 2 N–H and O–H groups in total. The summed E-state index contributed by atoms with van der Waals surface area (Å²) in [5.41, 5.74) is 1.96. The first-order valence-corrected chi connectivity index (χ1v) is 8.94. The Balaban J connectivity index is 2.32. The second-order valence-electron chi connectivity index (χ2n) is 4.92. The van der Waals surface area contributed by atoms with Crippen molar-refractivity contribution in [3.63, 3.8) is 0 Å². The van der Waals surface area contributed by atoms with Crippen LogP contribution in [0.25, 0.3) is 6.08 Å². The van der Waals surface area contributed by atoms with E-state index in [1.807, 2.05) is 35.6 Å². The summed E-state index contributed by atoms with van der Waals surface area (Å²) in [7, 11) is 0. The molecule has 0 bridgehead atoms. The van der Waals surface area contributed by atoms with Crippen molar-refractivity contribution >= 4 is 67.8 Å². The van der Waals surface area contributed by atoms with Gasteiger partial charge in [-0.1, -0.05) is 17.7 Å². The zero-order valence-electron chi connectivity index (χ0n) is 12.4. The SMILES string of the molecule is Cc1ccc(Cl)cc1NC(=O)/C(C#N)=C/c1cc(Br)c(O)c(I)c1. The number of phenols is 1. The number of amides is 1. The molecule has 2 rings (SSSR count). The normalized spacial score (nSPS) is 11.0. The fourth-order valence-electron chi connectivity index (χ4n) is 1.90. The summed E-state index contributed by atoms with van der Waals surface area (Å²) >= 11 is 11.1. The van der Waals surface area contributed by atoms with E-state index in [9.17, 15) is 15.2 Å². The van der Waals surface area contributed by atoms with Gasteiger partial charge in [0.2, 0.25) is 0 Å². The van der Waals surface area contributed by atoms with Crippen LogP contribution >= 0.6 is 50.1 Å². The highest BCUT2D eigenvalue weighted by Crippen LogP contribution is 2.31. The molecule has 0 fully saturated rings. The number of carbonyl (C=O) groups excluding carboxylic acids is 1. The number of aromatic hydroxyl groups is 1. The lowest BCUT2D eigenvalue weighted by Gasteiger charge is -2.08. The zero-order valence-corrected chi connectivity index (χ0v) is 16.9. The van der Waals surface area contributed by atoms with Crippen LogP contribution < -0.4 is 5.32 Å². The molecule has 0 radical (unpaired) electrons. The Hall–Kier alpha value is -1.56. The molecule has 0 spiro atoms. The Labute approximate surface area is 166 Å². The summed E-state index contributed by atoms with van der Waals surface area (Å²) in [6, 6.07) is 10.3. The maximum atomic E-state index is 12.3. The minimum Gasteiger partial charge on any atom is -0.506 e. The van der Waals surface area contributed by atoms with Crippen LogP contribution in [0.4, 0.5) is 5.69 Å². The number of hydrogen-bond acceptors (Lipinski definition) is 3. The van der Waals surface area contributed by atoms with E-state index in [1.54, 1.807) is 30.3 Å². The van der Waals surface area contributed by atoms with E-state index in [0.29, 0.717) is 24.3 Å². The molecule has 24 heavy (non-hydrogen) atoms. The molecule has 4 nitrogen and oxygen atoms in total. The molecule has 0 aliphatic heterocycles. The van der Waals surface area contributed by atoms with Crippen molar-refractivity contribution in [2.24, 2.45) is 0 Å². The number of carbonyl (C=O) groups is 1. The van der Waals surface area contributed by atoms with Crippen LogP contribution in [0.15, 0.2) is 40.4 Å². The van der Waals surface area contributed by atoms with Gasteiger partial charge in [0.1, 0.15) is 17.4 Å². The monoisotopic (exact) mass is 516 g/mol. The van der Waals surface area contributed by atoms with Crippen LogP contribution in [0.5, 0.6) is 5.75 Å². The van der Waals surface area contributed by atoms with E-state index >= 15 is 0 Å². The summed E-state index contributed by atoms with van der Waals surface area (Å²) in [6.45, 7) is 1.83. The lowest BCUT2D eigenvalue weighted by Crippen LogP contribution is -2.14. The number of aryl methyl sites for hydroxylation is 1. The lowest BCUT2D eigenvalue weighted by atomic mass is 10.1. The number of nitrogens with zero attached hydrogens (tertiary/aromatic N) is 1. The predicted molar refractivity (Wildman–Crippen MR) is 107 cm³/mol. The topological polar surface area (TPSA) is 73.1 Å². The highest BCUT2D eigenvalue weighted by molar-refractivity contribution is 14.1. The Morgan fingerprint density at radius 2 is 2.12 bits per heavy atom. The van der Waals surface area contributed by atoms with Gasteiger partial charge in [-0.2, -0.15) is 5.26 Å². The number of nitriles is 1. The Morgan fingerprint density at radius 3 is 2.75 bits per heavy atom. The first kappa shape index (κ1) is 18.8. The number of anilines is 1. The quantitative estimate of drug-likeness (QED) is 0.331. The van der Waals surface area contributed by atoms with E-state index in [2.05, 4.69) is 21.2 Å². The van der Waals surface area contributed by atoms with Crippen LogP contribution in [0, 0.1) is 21.8 Å². The summed E-state index contributed by atoms with van der Waals surface area (Å²) in [5, 5.41) is 22.2. The fourth-order valence-corrected chi connectivity index (χ4v) is 3.57. The van der Waals surface area contributed by atoms with Gasteiger partial charge in [-0.3, -0.25) is 4.79 Å². The van der Waals surface area contributed by atoms with E-state index in [-0.39, 0.29) is 11.3 Å². The van der Waals surface area contributed by atoms with Crippen molar-refractivity contribution in [3.8, 4) is 11.8 Å². The third-order valence-electron chi connectivity index (χ3n) is 3.16. The van der Waals surface area contributed by atoms with Crippen LogP contribution in [0.2, 0.25) is 5.02 Å². The Kier molecular flexibility index (Phi) is 6.27. The maximum absolute atomic E-state index is 12.3. The number of halogens is 3. The first-order valence-electron chi connectivity index (χ1n) is 6.69. The highest BCUT2D eigenvalue weighted by Gasteiger charge is 2.12. The smallest absolute Gasteiger partial charge is 0.266 e. The van der Waals surface area contributed by atoms with E-state index < -0.39 is 5.91 Å². The molecule has 122 valence electrons. The van der Waals surface area contributed by atoms with Crippen molar-refractivity contribution in [2.75, 3.05) is 5.32 Å². The van der Waals surface area contributed by atoms with Crippen molar-refractivity contribution in [3.05, 3.63) is 60.1 Å². The van der Waals surface area contributed by atoms with Gasteiger partial charge >= 0.3 is 0 Å². The third kappa shape index (κ3) is 4.50. The predicted octanol–water partition coefficient (Wildman–Crippen LogP) is 5.27. The minimum atomic E-state index is -0.526. The Bertz CT molecular complexity index is 868. The lowest BCUT2D eigenvalue weighted by molar-refractivity contribution is -0.112. The van der Waals surface area contributed by atoms with Gasteiger partial charge in [0, 0.05) is 10.7 Å². The summed E-state index contributed by atoms with van der Waals surface area (Å²) in [5.74, 6) is -0.410. The molecule has 1 amide bonds. The van der Waals surface area contributed by atoms with Gasteiger partial charge in [0.15, 0.2) is 0 Å². The van der Waals surface area contributed by atoms with Gasteiger partial charge < -0.3 is 10.4 Å². The van der Waals surface area contributed by atoms with Crippen LogP contribution in [0.1, 0.15) is 11.1 Å². The van der Waals surface area contributed by atoms with E-state index in [1.165, 1.54) is 6.08 Å². The molecular formula is C17H11BrClIN2O2. The molecule has 0 unspecified atom stereocenters. The van der Waals surface area contributed by atoms with Gasteiger partial charge in [-0.15, -0.1) is 0 Å². The molecule has 2 aromatic rings. The number of rotatable bonds is 3. The molecular weight excluding hydrogens is 506 g/mol. The highest BCUT2D eigenvalue weighted by atomic mass is 127. The molecule has 0 aromatic heterocycles. The third-order valence-corrected chi connectivity index (χ3v) is 4.83. The number of benzene rings is 2. The average Bonchev–Trinajstić information content (AvgIpc) is 2.53. The van der Waals surface area contributed by atoms with Crippen LogP contribution in [0.3, 0.4) is 0 Å². The summed E-state index contributed by atoms with van der Waals surface area (Å²) in [6.07, 6.45) is 1.46. The largest absolute Gasteiger partial charge is 0.506 e. The van der Waals surface area contributed by atoms with Crippen LogP contribution in [-0.2, 0) is 4.79 Å². The molecule has 7 heteroatoms. The number of nitrogens with one attached hydrogen (secondary N) is 1. The van der Waals surface area contributed by atoms with Gasteiger partial charge in [0.05, 0.1) is 8.04 Å².